The summed E-state index contributed by atoms with van der Waals surface area (Å²) in [5.74, 6) is -0.490. The Labute approximate surface area is 125 Å². The fourth-order valence-corrected chi connectivity index (χ4v) is 1.88. The number of ether oxygens (including phenoxy) is 1. The van der Waals surface area contributed by atoms with Gasteiger partial charge in [0, 0.05) is 5.56 Å². The second-order valence-electron chi connectivity index (χ2n) is 4.21. The molecule has 0 saturated heterocycles. The molecule has 3 N–H and O–H groups in total. The fraction of sp³-hybridized carbons (Fsp3) is 0.143. The van der Waals surface area contributed by atoms with E-state index in [1.807, 2.05) is 0 Å². The summed E-state index contributed by atoms with van der Waals surface area (Å²) in [5.41, 5.74) is 6.43. The Balaban J connectivity index is 2.09. The zero-order valence-electron chi connectivity index (χ0n) is 11.2. The lowest BCUT2D eigenvalue weighted by Gasteiger charge is -2.08. The van der Waals surface area contributed by atoms with Crippen molar-refractivity contribution < 1.29 is 18.7 Å². The molecule has 0 aliphatic carbocycles. The van der Waals surface area contributed by atoms with Crippen molar-refractivity contribution in [1.82, 2.24) is 0 Å². The van der Waals surface area contributed by atoms with E-state index < -0.39 is 11.9 Å². The van der Waals surface area contributed by atoms with Gasteiger partial charge in [-0.3, -0.25) is 4.79 Å². The minimum Gasteiger partial charge on any atom is -0.467 e. The number of benzene rings is 1. The van der Waals surface area contributed by atoms with Crippen molar-refractivity contribution in [3.05, 3.63) is 52.4 Å². The number of methoxy groups -OCH3 is 1. The monoisotopic (exact) mass is 308 g/mol. The standard InChI is InChI=1S/C14H13ClN2O4/c1-20-14(19)9-4-10(21-7-9)6-17-12-5-8(13(16)18)2-3-11(12)15/h2-5,7,17H,6H2,1H3,(H2,16,18). The van der Waals surface area contributed by atoms with Crippen LogP contribution in [0.15, 0.2) is 34.9 Å². The minimum atomic E-state index is -0.541. The first-order valence-electron chi connectivity index (χ1n) is 6.00. The summed E-state index contributed by atoms with van der Waals surface area (Å²) in [6.07, 6.45) is 1.31. The van der Waals surface area contributed by atoms with Gasteiger partial charge in [0.25, 0.3) is 0 Å². The zero-order chi connectivity index (χ0) is 15.4. The van der Waals surface area contributed by atoms with Gasteiger partial charge in [-0.15, -0.1) is 0 Å². The van der Waals surface area contributed by atoms with Crippen molar-refractivity contribution in [3.63, 3.8) is 0 Å². The van der Waals surface area contributed by atoms with E-state index >= 15 is 0 Å². The molecule has 1 heterocycles. The Morgan fingerprint density at radius 2 is 2.10 bits per heavy atom. The van der Waals surface area contributed by atoms with E-state index in [0.29, 0.717) is 34.1 Å². The Kier molecular flexibility index (Phi) is 4.49. The summed E-state index contributed by atoms with van der Waals surface area (Å²) in [7, 11) is 1.29. The predicted molar refractivity (Wildman–Crippen MR) is 77.3 cm³/mol. The van der Waals surface area contributed by atoms with Crippen LogP contribution < -0.4 is 11.1 Å². The number of furan rings is 1. The van der Waals surface area contributed by atoms with Crippen LogP contribution in [0.4, 0.5) is 5.69 Å². The molecule has 110 valence electrons. The van der Waals surface area contributed by atoms with E-state index in [1.54, 1.807) is 18.2 Å². The number of hydrogen-bond donors (Lipinski definition) is 2. The Hall–Kier alpha value is -2.47. The summed E-state index contributed by atoms with van der Waals surface area (Å²) in [4.78, 5) is 22.4. The maximum absolute atomic E-state index is 11.3. The molecule has 0 spiro atoms. The van der Waals surface area contributed by atoms with E-state index in [-0.39, 0.29) is 0 Å². The van der Waals surface area contributed by atoms with E-state index in [0.717, 1.165) is 0 Å². The molecule has 0 atom stereocenters. The maximum atomic E-state index is 11.3. The van der Waals surface area contributed by atoms with E-state index in [1.165, 1.54) is 19.4 Å². The molecule has 2 aromatic rings. The lowest BCUT2D eigenvalue weighted by atomic mass is 10.2. The first-order chi connectivity index (χ1) is 10.0. The molecule has 6 nitrogen and oxygen atoms in total. The molecule has 0 fully saturated rings. The molecule has 0 saturated carbocycles. The first kappa shape index (κ1) is 14.9. The van der Waals surface area contributed by atoms with E-state index in [4.69, 9.17) is 21.8 Å². The molecule has 7 heteroatoms. The molecular weight excluding hydrogens is 296 g/mol. The number of halogens is 1. The van der Waals surface area contributed by atoms with Crippen LogP contribution in [0.1, 0.15) is 26.5 Å². The molecular formula is C14H13ClN2O4. The highest BCUT2D eigenvalue weighted by atomic mass is 35.5. The van der Waals surface area contributed by atoms with Gasteiger partial charge in [-0.1, -0.05) is 11.6 Å². The van der Waals surface area contributed by atoms with Crippen LogP contribution in [0.2, 0.25) is 5.02 Å². The lowest BCUT2D eigenvalue weighted by molar-refractivity contribution is 0.0600. The molecule has 0 radical (unpaired) electrons. The smallest absolute Gasteiger partial charge is 0.341 e. The fourth-order valence-electron chi connectivity index (χ4n) is 1.69. The summed E-state index contributed by atoms with van der Waals surface area (Å²) in [6.45, 7) is 0.291. The third-order valence-corrected chi connectivity index (χ3v) is 3.11. The van der Waals surface area contributed by atoms with Crippen molar-refractivity contribution in [1.29, 1.82) is 0 Å². The number of nitrogens with one attached hydrogen (secondary N) is 1. The first-order valence-corrected chi connectivity index (χ1v) is 6.38. The average Bonchev–Trinajstić information content (AvgIpc) is 2.94. The molecule has 1 aromatic heterocycles. The van der Waals surface area contributed by atoms with Crippen LogP contribution >= 0.6 is 11.6 Å². The Bertz CT molecular complexity index is 681. The van der Waals surface area contributed by atoms with Crippen molar-refractivity contribution in [2.75, 3.05) is 12.4 Å². The molecule has 21 heavy (non-hydrogen) atoms. The second-order valence-corrected chi connectivity index (χ2v) is 4.61. The van der Waals surface area contributed by atoms with Gasteiger partial charge in [0.1, 0.15) is 12.0 Å². The van der Waals surface area contributed by atoms with Crippen LogP contribution in [0.25, 0.3) is 0 Å². The number of esters is 1. The van der Waals surface area contributed by atoms with E-state index in [2.05, 4.69) is 10.1 Å². The average molecular weight is 309 g/mol. The number of nitrogens with two attached hydrogens (primary N) is 1. The van der Waals surface area contributed by atoms with Crippen molar-refractivity contribution in [2.24, 2.45) is 5.73 Å². The van der Waals surface area contributed by atoms with Gasteiger partial charge in [0.05, 0.1) is 29.9 Å². The predicted octanol–water partition coefficient (Wildman–Crippen LogP) is 2.43. The topological polar surface area (TPSA) is 94.6 Å². The van der Waals surface area contributed by atoms with Gasteiger partial charge in [0.15, 0.2) is 0 Å². The Morgan fingerprint density at radius 1 is 1.33 bits per heavy atom. The highest BCUT2D eigenvalue weighted by Gasteiger charge is 2.11. The zero-order valence-corrected chi connectivity index (χ0v) is 11.9. The summed E-state index contributed by atoms with van der Waals surface area (Å²) in [5, 5.41) is 3.45. The molecule has 0 aliphatic rings. The van der Waals surface area contributed by atoms with Crippen LogP contribution in [0, 0.1) is 0 Å². The van der Waals surface area contributed by atoms with Gasteiger partial charge >= 0.3 is 5.97 Å². The SMILES string of the molecule is COC(=O)c1coc(CNc2cc(C(N)=O)ccc2Cl)c1. The molecule has 2 rings (SSSR count). The molecule has 0 bridgehead atoms. The van der Waals surface area contributed by atoms with Gasteiger partial charge < -0.3 is 20.2 Å². The largest absolute Gasteiger partial charge is 0.467 e. The number of hydrogen-bond acceptors (Lipinski definition) is 5. The van der Waals surface area contributed by atoms with Gasteiger partial charge in [0.2, 0.25) is 5.91 Å². The quantitative estimate of drug-likeness (QED) is 0.827. The number of carbonyl (C=O) groups is 2. The molecule has 0 unspecified atom stereocenters. The third kappa shape index (κ3) is 3.55. The van der Waals surface area contributed by atoms with Gasteiger partial charge in [-0.25, -0.2) is 4.79 Å². The maximum Gasteiger partial charge on any atom is 0.341 e. The van der Waals surface area contributed by atoms with Crippen LogP contribution in [-0.2, 0) is 11.3 Å². The summed E-state index contributed by atoms with van der Waals surface area (Å²) in [6, 6.07) is 6.23. The van der Waals surface area contributed by atoms with Gasteiger partial charge in [-0.05, 0) is 24.3 Å². The van der Waals surface area contributed by atoms with Gasteiger partial charge in [-0.2, -0.15) is 0 Å². The number of rotatable bonds is 5. The molecule has 1 amide bonds. The highest BCUT2D eigenvalue weighted by molar-refractivity contribution is 6.33. The van der Waals surface area contributed by atoms with Crippen molar-refractivity contribution >= 4 is 29.2 Å². The van der Waals surface area contributed by atoms with Crippen molar-refractivity contribution in [3.8, 4) is 0 Å². The molecule has 1 aromatic carbocycles. The number of primary amides is 1. The molecule has 0 aliphatic heterocycles. The number of amides is 1. The number of carbonyl (C=O) groups excluding carboxylic acids is 2. The lowest BCUT2D eigenvalue weighted by Crippen LogP contribution is -2.11. The van der Waals surface area contributed by atoms with E-state index in [9.17, 15) is 9.59 Å². The second kappa shape index (κ2) is 6.32. The van der Waals surface area contributed by atoms with Crippen LogP contribution in [0.3, 0.4) is 0 Å². The van der Waals surface area contributed by atoms with Crippen molar-refractivity contribution in [2.45, 2.75) is 6.54 Å². The number of anilines is 1. The minimum absolute atomic E-state index is 0.291. The van der Waals surface area contributed by atoms with Crippen LogP contribution in [0.5, 0.6) is 0 Å². The third-order valence-electron chi connectivity index (χ3n) is 2.78. The summed E-state index contributed by atoms with van der Waals surface area (Å²) < 4.78 is 9.81. The normalized spacial score (nSPS) is 10.2. The Morgan fingerprint density at radius 3 is 2.76 bits per heavy atom. The van der Waals surface area contributed by atoms with Crippen LogP contribution in [-0.4, -0.2) is 19.0 Å². The highest BCUT2D eigenvalue weighted by Crippen LogP contribution is 2.24. The summed E-state index contributed by atoms with van der Waals surface area (Å²) >= 11 is 6.03.